The number of anilines is 2. The number of fused-ring (bicyclic) bond motifs is 1. The van der Waals surface area contributed by atoms with Crippen LogP contribution < -0.4 is 9.80 Å². The molecular weight excluding hydrogens is 378 g/mol. The maximum atomic E-state index is 11.6. The molecule has 9 heteroatoms. The van der Waals surface area contributed by atoms with Crippen molar-refractivity contribution in [1.29, 1.82) is 0 Å². The molecule has 1 saturated heterocycles. The van der Waals surface area contributed by atoms with Crippen molar-refractivity contribution in [2.75, 3.05) is 36.0 Å². The number of piperazine rings is 1. The van der Waals surface area contributed by atoms with Crippen molar-refractivity contribution in [3.05, 3.63) is 51.1 Å². The van der Waals surface area contributed by atoms with Gasteiger partial charge in [-0.15, -0.1) is 11.3 Å². The van der Waals surface area contributed by atoms with Gasteiger partial charge in [-0.2, -0.15) is 0 Å². The molecule has 1 aliphatic rings. The second kappa shape index (κ2) is 7.16. The SMILES string of the molecule is CC(=O)c1ccc(N2CCN(c3ncnc4sc(C)cc34)CC2)c([N+](=O)[O-])c1. The average Bonchev–Trinajstić information content (AvgIpc) is 3.07. The van der Waals surface area contributed by atoms with Gasteiger partial charge in [0.05, 0.1) is 10.3 Å². The number of aryl methyl sites for hydroxylation is 1. The number of aromatic nitrogens is 2. The van der Waals surface area contributed by atoms with E-state index in [1.807, 2.05) is 4.90 Å². The molecule has 3 heterocycles. The summed E-state index contributed by atoms with van der Waals surface area (Å²) in [5.41, 5.74) is 0.873. The van der Waals surface area contributed by atoms with E-state index in [1.54, 1.807) is 29.8 Å². The van der Waals surface area contributed by atoms with Crippen LogP contribution in [0, 0.1) is 17.0 Å². The summed E-state index contributed by atoms with van der Waals surface area (Å²) in [5, 5.41) is 12.6. The van der Waals surface area contributed by atoms with Gasteiger partial charge >= 0.3 is 0 Å². The molecule has 28 heavy (non-hydrogen) atoms. The van der Waals surface area contributed by atoms with Crippen molar-refractivity contribution in [2.45, 2.75) is 13.8 Å². The van der Waals surface area contributed by atoms with Crippen LogP contribution in [-0.2, 0) is 0 Å². The van der Waals surface area contributed by atoms with Gasteiger partial charge in [0.1, 0.15) is 22.7 Å². The number of Topliss-reactive ketones (excluding diaryl/α,β-unsaturated/α-hetero) is 1. The number of nitro benzene ring substituents is 1. The summed E-state index contributed by atoms with van der Waals surface area (Å²) in [6.45, 7) is 6.13. The number of hydrogen-bond donors (Lipinski definition) is 0. The lowest BCUT2D eigenvalue weighted by Crippen LogP contribution is -2.47. The minimum Gasteiger partial charge on any atom is -0.362 e. The van der Waals surface area contributed by atoms with Gasteiger partial charge in [-0.05, 0) is 32.0 Å². The number of nitro groups is 1. The Balaban J connectivity index is 1.57. The second-order valence-corrected chi connectivity index (χ2v) is 8.00. The Bertz CT molecular complexity index is 1070. The third-order valence-electron chi connectivity index (χ3n) is 4.93. The van der Waals surface area contributed by atoms with Crippen molar-refractivity contribution in [1.82, 2.24) is 9.97 Å². The van der Waals surface area contributed by atoms with Crippen molar-refractivity contribution < 1.29 is 9.72 Å². The van der Waals surface area contributed by atoms with Crippen LogP contribution >= 0.6 is 11.3 Å². The van der Waals surface area contributed by atoms with Crippen LogP contribution in [0.25, 0.3) is 10.2 Å². The smallest absolute Gasteiger partial charge is 0.293 e. The molecule has 4 rings (SSSR count). The first-order valence-electron chi connectivity index (χ1n) is 8.94. The number of ketones is 1. The van der Waals surface area contributed by atoms with Crippen LogP contribution in [0.15, 0.2) is 30.6 Å². The predicted molar refractivity (Wildman–Crippen MR) is 110 cm³/mol. The molecule has 0 aliphatic carbocycles. The standard InChI is InChI=1S/C19H19N5O3S/c1-12-9-15-18(20-11-21-19(15)28-12)23-7-5-22(6-8-23)16-4-3-14(13(2)25)10-17(16)24(26)27/h3-4,9-11H,5-8H2,1-2H3. The first-order valence-corrected chi connectivity index (χ1v) is 9.76. The van der Waals surface area contributed by atoms with E-state index in [2.05, 4.69) is 27.9 Å². The molecule has 0 amide bonds. The van der Waals surface area contributed by atoms with Gasteiger partial charge in [-0.25, -0.2) is 9.97 Å². The number of thiophene rings is 1. The minimum absolute atomic E-state index is 0.0287. The summed E-state index contributed by atoms with van der Waals surface area (Å²) in [6.07, 6.45) is 1.59. The van der Waals surface area contributed by atoms with Crippen LogP contribution in [0.5, 0.6) is 0 Å². The molecule has 0 N–H and O–H groups in total. The maximum absolute atomic E-state index is 11.6. The van der Waals surface area contributed by atoms with Crippen LogP contribution in [0.1, 0.15) is 22.2 Å². The molecule has 0 atom stereocenters. The van der Waals surface area contributed by atoms with Gasteiger partial charge < -0.3 is 9.80 Å². The first kappa shape index (κ1) is 18.3. The quantitative estimate of drug-likeness (QED) is 0.378. The monoisotopic (exact) mass is 397 g/mol. The topological polar surface area (TPSA) is 92.5 Å². The average molecular weight is 397 g/mol. The van der Waals surface area contributed by atoms with Gasteiger partial charge in [0, 0.05) is 42.7 Å². The van der Waals surface area contributed by atoms with Crippen LogP contribution in [0.3, 0.4) is 0 Å². The minimum atomic E-state index is -0.420. The summed E-state index contributed by atoms with van der Waals surface area (Å²) in [7, 11) is 0. The highest BCUT2D eigenvalue weighted by Gasteiger charge is 2.26. The van der Waals surface area contributed by atoms with Crippen LogP contribution in [-0.4, -0.2) is 46.9 Å². The van der Waals surface area contributed by atoms with Gasteiger partial charge in [-0.1, -0.05) is 0 Å². The fourth-order valence-electron chi connectivity index (χ4n) is 3.53. The Kier molecular flexibility index (Phi) is 4.68. The maximum Gasteiger partial charge on any atom is 0.293 e. The third-order valence-corrected chi connectivity index (χ3v) is 5.89. The number of hydrogen-bond acceptors (Lipinski definition) is 8. The molecule has 1 aromatic carbocycles. The zero-order chi connectivity index (χ0) is 19.8. The highest BCUT2D eigenvalue weighted by Crippen LogP contribution is 2.33. The zero-order valence-corrected chi connectivity index (χ0v) is 16.4. The van der Waals surface area contributed by atoms with E-state index >= 15 is 0 Å². The van der Waals surface area contributed by atoms with Crippen molar-refractivity contribution in [3.8, 4) is 0 Å². The Morgan fingerprint density at radius 1 is 1.14 bits per heavy atom. The lowest BCUT2D eigenvalue weighted by molar-refractivity contribution is -0.384. The fourth-order valence-corrected chi connectivity index (χ4v) is 4.37. The molecule has 0 radical (unpaired) electrons. The van der Waals surface area contributed by atoms with Crippen molar-refractivity contribution in [3.63, 3.8) is 0 Å². The molecule has 0 unspecified atom stereocenters. The lowest BCUT2D eigenvalue weighted by atomic mass is 10.1. The van der Waals surface area contributed by atoms with Crippen LogP contribution in [0.2, 0.25) is 0 Å². The Labute approximate surface area is 165 Å². The Morgan fingerprint density at radius 3 is 2.54 bits per heavy atom. The van der Waals surface area contributed by atoms with E-state index in [9.17, 15) is 14.9 Å². The number of nitrogens with zero attached hydrogens (tertiary/aromatic N) is 5. The number of benzene rings is 1. The van der Waals surface area contributed by atoms with E-state index in [0.29, 0.717) is 37.4 Å². The fraction of sp³-hybridized carbons (Fsp3) is 0.316. The third kappa shape index (κ3) is 3.29. The van der Waals surface area contributed by atoms with E-state index in [1.165, 1.54) is 17.9 Å². The zero-order valence-electron chi connectivity index (χ0n) is 15.6. The normalized spacial score (nSPS) is 14.5. The second-order valence-electron chi connectivity index (χ2n) is 6.76. The molecule has 1 fully saturated rings. The van der Waals surface area contributed by atoms with Gasteiger partial charge in [0.2, 0.25) is 0 Å². The Morgan fingerprint density at radius 2 is 1.86 bits per heavy atom. The van der Waals surface area contributed by atoms with E-state index in [0.717, 1.165) is 16.0 Å². The summed E-state index contributed by atoms with van der Waals surface area (Å²) in [4.78, 5) is 37.8. The molecule has 0 saturated carbocycles. The van der Waals surface area contributed by atoms with E-state index in [4.69, 9.17) is 0 Å². The molecule has 0 bridgehead atoms. The van der Waals surface area contributed by atoms with Gasteiger partial charge in [0.25, 0.3) is 5.69 Å². The van der Waals surface area contributed by atoms with Crippen molar-refractivity contribution in [2.24, 2.45) is 0 Å². The number of carbonyl (C=O) groups is 1. The predicted octanol–water partition coefficient (Wildman–Crippen LogP) is 3.44. The Hall–Kier alpha value is -3.07. The molecule has 3 aromatic rings. The number of rotatable bonds is 4. The summed E-state index contributed by atoms with van der Waals surface area (Å²) in [5.74, 6) is 0.730. The summed E-state index contributed by atoms with van der Waals surface area (Å²) < 4.78 is 0. The highest BCUT2D eigenvalue weighted by atomic mass is 32.1. The molecular formula is C19H19N5O3S. The summed E-state index contributed by atoms with van der Waals surface area (Å²) in [6, 6.07) is 6.80. The summed E-state index contributed by atoms with van der Waals surface area (Å²) >= 11 is 1.65. The van der Waals surface area contributed by atoms with E-state index in [-0.39, 0.29) is 11.5 Å². The van der Waals surface area contributed by atoms with Crippen LogP contribution in [0.4, 0.5) is 17.2 Å². The largest absolute Gasteiger partial charge is 0.362 e. The van der Waals surface area contributed by atoms with E-state index < -0.39 is 4.92 Å². The molecule has 1 aliphatic heterocycles. The molecule has 2 aromatic heterocycles. The molecule has 0 spiro atoms. The van der Waals surface area contributed by atoms with Gasteiger partial charge in [-0.3, -0.25) is 14.9 Å². The highest BCUT2D eigenvalue weighted by molar-refractivity contribution is 7.18. The first-order chi connectivity index (χ1) is 13.4. The van der Waals surface area contributed by atoms with Crippen molar-refractivity contribution >= 4 is 44.5 Å². The van der Waals surface area contributed by atoms with Gasteiger partial charge in [0.15, 0.2) is 5.78 Å². The number of carbonyl (C=O) groups excluding carboxylic acids is 1. The molecule has 8 nitrogen and oxygen atoms in total. The lowest BCUT2D eigenvalue weighted by Gasteiger charge is -2.36. The molecule has 144 valence electrons.